The highest BCUT2D eigenvalue weighted by Crippen LogP contribution is 2.23. The first kappa shape index (κ1) is 16.2. The largest absolute Gasteiger partial charge is 0.480 e. The molecule has 1 heterocycles. The zero-order valence-electron chi connectivity index (χ0n) is 11.5. The summed E-state index contributed by atoms with van der Waals surface area (Å²) in [6, 6.07) is 7.60. The zero-order chi connectivity index (χ0) is 16.1. The quantitative estimate of drug-likeness (QED) is 0.900. The average Bonchev–Trinajstić information content (AvgIpc) is 2.89. The number of ether oxygens (including phenoxy) is 2. The maximum absolute atomic E-state index is 12.2. The van der Waals surface area contributed by atoms with Crippen LogP contribution in [0.5, 0.6) is 0 Å². The molecule has 1 amide bonds. The Bertz CT molecular complexity index is 525. The van der Waals surface area contributed by atoms with Crippen molar-refractivity contribution in [1.82, 2.24) is 4.90 Å². The summed E-state index contributed by atoms with van der Waals surface area (Å²) in [5, 5.41) is 9.08. The van der Waals surface area contributed by atoms with Crippen LogP contribution in [0.15, 0.2) is 30.3 Å². The van der Waals surface area contributed by atoms with Gasteiger partial charge in [0.15, 0.2) is 0 Å². The van der Waals surface area contributed by atoms with Crippen molar-refractivity contribution in [2.45, 2.75) is 31.8 Å². The van der Waals surface area contributed by atoms with Crippen molar-refractivity contribution in [3.05, 3.63) is 35.9 Å². The molecule has 1 aliphatic rings. The minimum absolute atomic E-state index is 0.0249. The minimum atomic E-state index is -3.01. The molecule has 120 valence electrons. The molecule has 1 aromatic rings. The SMILES string of the molecule is O=C(O)[C@H]1C[C@H](OC(F)F)CN1C(=O)OCc1ccccc1. The van der Waals surface area contributed by atoms with Crippen LogP contribution in [-0.4, -0.2) is 47.4 Å². The van der Waals surface area contributed by atoms with Crippen LogP contribution in [0.4, 0.5) is 13.6 Å². The third kappa shape index (κ3) is 4.14. The molecule has 22 heavy (non-hydrogen) atoms. The number of carbonyl (C=O) groups is 2. The van der Waals surface area contributed by atoms with Crippen LogP contribution in [0.1, 0.15) is 12.0 Å². The first-order chi connectivity index (χ1) is 10.5. The van der Waals surface area contributed by atoms with E-state index in [1.54, 1.807) is 30.3 Å². The van der Waals surface area contributed by atoms with Gasteiger partial charge in [0.1, 0.15) is 12.6 Å². The number of amides is 1. The molecule has 1 aromatic carbocycles. The fraction of sp³-hybridized carbons (Fsp3) is 0.429. The lowest BCUT2D eigenvalue weighted by Gasteiger charge is -2.20. The first-order valence-corrected chi connectivity index (χ1v) is 6.61. The number of rotatable bonds is 5. The van der Waals surface area contributed by atoms with Crippen LogP contribution in [0, 0.1) is 0 Å². The van der Waals surface area contributed by atoms with E-state index in [-0.39, 0.29) is 19.6 Å². The molecule has 0 saturated carbocycles. The number of alkyl halides is 2. The Labute approximate surface area is 125 Å². The fourth-order valence-corrected chi connectivity index (χ4v) is 2.28. The maximum atomic E-state index is 12.2. The summed E-state index contributed by atoms with van der Waals surface area (Å²) in [4.78, 5) is 24.0. The van der Waals surface area contributed by atoms with Crippen LogP contribution in [0.3, 0.4) is 0 Å². The first-order valence-electron chi connectivity index (χ1n) is 6.61. The van der Waals surface area contributed by atoms with Crippen LogP contribution in [0.2, 0.25) is 0 Å². The Balaban J connectivity index is 1.95. The number of likely N-dealkylation sites (tertiary alicyclic amines) is 1. The molecule has 6 nitrogen and oxygen atoms in total. The van der Waals surface area contributed by atoms with Gasteiger partial charge in [0.05, 0.1) is 12.6 Å². The number of halogens is 2. The molecule has 8 heteroatoms. The van der Waals surface area contributed by atoms with Crippen molar-refractivity contribution in [3.63, 3.8) is 0 Å². The summed E-state index contributed by atoms with van der Waals surface area (Å²) in [6.07, 6.45) is -2.08. The van der Waals surface area contributed by atoms with Gasteiger partial charge >= 0.3 is 18.7 Å². The molecular formula is C14H15F2NO5. The van der Waals surface area contributed by atoms with Gasteiger partial charge < -0.3 is 14.6 Å². The van der Waals surface area contributed by atoms with Crippen LogP contribution in [0.25, 0.3) is 0 Å². The number of nitrogens with zero attached hydrogens (tertiary/aromatic N) is 1. The van der Waals surface area contributed by atoms with Crippen molar-refractivity contribution in [1.29, 1.82) is 0 Å². The predicted molar refractivity (Wildman–Crippen MR) is 70.3 cm³/mol. The summed E-state index contributed by atoms with van der Waals surface area (Å²) in [7, 11) is 0. The Hall–Kier alpha value is -2.22. The van der Waals surface area contributed by atoms with Gasteiger partial charge in [-0.1, -0.05) is 30.3 Å². The molecule has 1 aliphatic heterocycles. The summed E-state index contributed by atoms with van der Waals surface area (Å²) in [5.41, 5.74) is 0.738. The van der Waals surface area contributed by atoms with Crippen molar-refractivity contribution >= 4 is 12.1 Å². The number of carbonyl (C=O) groups excluding carboxylic acids is 1. The number of carboxylic acids is 1. The molecule has 0 aromatic heterocycles. The average molecular weight is 315 g/mol. The molecule has 0 radical (unpaired) electrons. The molecule has 2 rings (SSSR count). The second-order valence-corrected chi connectivity index (χ2v) is 4.80. The summed E-state index contributed by atoms with van der Waals surface area (Å²) in [5.74, 6) is -1.28. The smallest absolute Gasteiger partial charge is 0.410 e. The van der Waals surface area contributed by atoms with Gasteiger partial charge in [0, 0.05) is 6.42 Å². The standard InChI is InChI=1S/C14H15F2NO5/c15-13(16)22-10-6-11(12(18)19)17(7-10)14(20)21-8-9-4-2-1-3-5-9/h1-5,10-11,13H,6-8H2,(H,18,19)/t10-,11+/m0/s1. The van der Waals surface area contributed by atoms with Crippen LogP contribution in [-0.2, 0) is 20.9 Å². The van der Waals surface area contributed by atoms with Gasteiger partial charge in [0.2, 0.25) is 0 Å². The van der Waals surface area contributed by atoms with E-state index in [9.17, 15) is 18.4 Å². The molecule has 0 spiro atoms. The topological polar surface area (TPSA) is 76.1 Å². The van der Waals surface area contributed by atoms with Gasteiger partial charge in [-0.3, -0.25) is 4.90 Å². The Kier molecular flexibility index (Phi) is 5.26. The van der Waals surface area contributed by atoms with Crippen molar-refractivity contribution in [2.24, 2.45) is 0 Å². The summed E-state index contributed by atoms with van der Waals surface area (Å²) in [6.45, 7) is -3.28. The van der Waals surface area contributed by atoms with Gasteiger partial charge in [-0.05, 0) is 5.56 Å². The lowest BCUT2D eigenvalue weighted by Crippen LogP contribution is -2.40. The second-order valence-electron chi connectivity index (χ2n) is 4.80. The number of hydrogen-bond donors (Lipinski definition) is 1. The Morgan fingerprint density at radius 2 is 2.00 bits per heavy atom. The van der Waals surface area contributed by atoms with E-state index in [0.717, 1.165) is 10.5 Å². The highest BCUT2D eigenvalue weighted by atomic mass is 19.3. The molecule has 1 fully saturated rings. The van der Waals surface area contributed by atoms with Crippen molar-refractivity contribution < 1.29 is 33.0 Å². The molecule has 0 aliphatic carbocycles. The van der Waals surface area contributed by atoms with E-state index in [0.29, 0.717) is 0 Å². The Morgan fingerprint density at radius 1 is 1.32 bits per heavy atom. The molecule has 1 saturated heterocycles. The van der Waals surface area contributed by atoms with Crippen molar-refractivity contribution in [2.75, 3.05) is 6.54 Å². The summed E-state index contributed by atoms with van der Waals surface area (Å²) < 4.78 is 33.7. The fourth-order valence-electron chi connectivity index (χ4n) is 2.28. The van der Waals surface area contributed by atoms with Gasteiger partial charge in [-0.2, -0.15) is 8.78 Å². The second kappa shape index (κ2) is 7.17. The highest BCUT2D eigenvalue weighted by molar-refractivity contribution is 5.80. The van der Waals surface area contributed by atoms with Gasteiger partial charge in [-0.15, -0.1) is 0 Å². The minimum Gasteiger partial charge on any atom is -0.480 e. The number of benzene rings is 1. The molecule has 1 N–H and O–H groups in total. The van der Waals surface area contributed by atoms with E-state index >= 15 is 0 Å². The molecular weight excluding hydrogens is 300 g/mol. The van der Waals surface area contributed by atoms with E-state index in [1.807, 2.05) is 0 Å². The Morgan fingerprint density at radius 3 is 2.59 bits per heavy atom. The van der Waals surface area contributed by atoms with Crippen molar-refractivity contribution in [3.8, 4) is 0 Å². The highest BCUT2D eigenvalue weighted by Gasteiger charge is 2.42. The number of aliphatic carboxylic acids is 1. The predicted octanol–water partition coefficient (Wildman–Crippen LogP) is 2.09. The third-order valence-electron chi connectivity index (χ3n) is 3.28. The molecule has 2 atom stereocenters. The lowest BCUT2D eigenvalue weighted by molar-refractivity contribution is -0.159. The number of carboxylic acid groups (broad SMARTS) is 1. The van der Waals surface area contributed by atoms with Crippen LogP contribution < -0.4 is 0 Å². The van der Waals surface area contributed by atoms with E-state index in [2.05, 4.69) is 4.74 Å². The van der Waals surface area contributed by atoms with E-state index < -0.39 is 30.8 Å². The molecule has 0 unspecified atom stereocenters. The maximum Gasteiger partial charge on any atom is 0.410 e. The van der Waals surface area contributed by atoms with Gasteiger partial charge in [-0.25, -0.2) is 9.59 Å². The van der Waals surface area contributed by atoms with E-state index in [4.69, 9.17) is 9.84 Å². The lowest BCUT2D eigenvalue weighted by atomic mass is 10.2. The van der Waals surface area contributed by atoms with E-state index in [1.165, 1.54) is 0 Å². The van der Waals surface area contributed by atoms with Gasteiger partial charge in [0.25, 0.3) is 0 Å². The monoisotopic (exact) mass is 315 g/mol. The third-order valence-corrected chi connectivity index (χ3v) is 3.28. The number of hydrogen-bond acceptors (Lipinski definition) is 4. The normalized spacial score (nSPS) is 21.1. The summed E-state index contributed by atoms with van der Waals surface area (Å²) >= 11 is 0. The van der Waals surface area contributed by atoms with Crippen LogP contribution >= 0.6 is 0 Å². The zero-order valence-corrected chi connectivity index (χ0v) is 11.5. The molecule has 0 bridgehead atoms.